The standard InChI is InChI=1S/C56H37NO/c1-2-13-38(14-3-1)43-18-10-19-44(35-43)40-29-32-47(33-30-40)57(48-21-11-20-45(37-48)46-28-27-39-15-4-5-17-42(39)36-46)54-26-9-8-23-50(54)51-24-12-25-52-53-34-31-41-16-6-7-22-49(41)55(53)58-56(51)52/h1-37H. The molecule has 0 aliphatic heterocycles. The van der Waals surface area contributed by atoms with E-state index in [1.54, 1.807) is 0 Å². The maximum Gasteiger partial charge on any atom is 0.143 e. The molecule has 0 N–H and O–H groups in total. The van der Waals surface area contributed by atoms with Crippen LogP contribution in [-0.2, 0) is 0 Å². The van der Waals surface area contributed by atoms with Crippen LogP contribution in [0.3, 0.4) is 0 Å². The third-order valence-corrected chi connectivity index (χ3v) is 11.4. The Balaban J connectivity index is 1.08. The van der Waals surface area contributed by atoms with Gasteiger partial charge in [-0.2, -0.15) is 0 Å². The highest BCUT2D eigenvalue weighted by molar-refractivity contribution is 6.17. The van der Waals surface area contributed by atoms with E-state index in [4.69, 9.17) is 4.42 Å². The molecule has 0 saturated heterocycles. The van der Waals surface area contributed by atoms with Gasteiger partial charge in [0.1, 0.15) is 11.2 Å². The van der Waals surface area contributed by atoms with Gasteiger partial charge in [-0.05, 0) is 98.1 Å². The van der Waals surface area contributed by atoms with E-state index >= 15 is 0 Å². The number of furan rings is 1. The average molecular weight is 740 g/mol. The van der Waals surface area contributed by atoms with Gasteiger partial charge in [0.25, 0.3) is 0 Å². The first-order valence-corrected chi connectivity index (χ1v) is 19.8. The van der Waals surface area contributed by atoms with Crippen molar-refractivity contribution in [2.75, 3.05) is 4.90 Å². The van der Waals surface area contributed by atoms with E-state index in [-0.39, 0.29) is 0 Å². The summed E-state index contributed by atoms with van der Waals surface area (Å²) in [4.78, 5) is 2.39. The molecule has 11 aromatic rings. The molecule has 0 aliphatic rings. The van der Waals surface area contributed by atoms with Crippen LogP contribution in [0.5, 0.6) is 0 Å². The van der Waals surface area contributed by atoms with Crippen molar-refractivity contribution in [2.24, 2.45) is 0 Å². The summed E-state index contributed by atoms with van der Waals surface area (Å²) in [6, 6.07) is 80.6. The zero-order chi connectivity index (χ0) is 38.4. The first-order valence-electron chi connectivity index (χ1n) is 19.8. The third-order valence-electron chi connectivity index (χ3n) is 11.4. The molecule has 58 heavy (non-hydrogen) atoms. The first-order chi connectivity index (χ1) is 28.7. The van der Waals surface area contributed by atoms with Gasteiger partial charge in [0, 0.05) is 38.7 Å². The molecule has 0 radical (unpaired) electrons. The SMILES string of the molecule is c1ccc(-c2cccc(-c3ccc(N(c4cccc(-c5ccc6ccccc6c5)c4)c4ccccc4-c4cccc5c4oc4c6ccccc6ccc54)cc3)c2)cc1. The zero-order valence-electron chi connectivity index (χ0n) is 31.7. The monoisotopic (exact) mass is 739 g/mol. The summed E-state index contributed by atoms with van der Waals surface area (Å²) in [7, 11) is 0. The van der Waals surface area contributed by atoms with Gasteiger partial charge in [-0.1, -0.05) is 176 Å². The van der Waals surface area contributed by atoms with Gasteiger partial charge >= 0.3 is 0 Å². The van der Waals surface area contributed by atoms with E-state index in [9.17, 15) is 0 Å². The minimum Gasteiger partial charge on any atom is -0.455 e. The zero-order valence-corrected chi connectivity index (χ0v) is 31.7. The topological polar surface area (TPSA) is 16.4 Å². The molecular weight excluding hydrogens is 703 g/mol. The smallest absolute Gasteiger partial charge is 0.143 e. The minimum absolute atomic E-state index is 0.889. The predicted octanol–water partition coefficient (Wildman–Crippen LogP) is 16.0. The second-order valence-electron chi connectivity index (χ2n) is 14.9. The number of rotatable bonds is 7. The molecule has 0 atom stereocenters. The van der Waals surface area contributed by atoms with Crippen molar-refractivity contribution in [3.05, 3.63) is 224 Å². The van der Waals surface area contributed by atoms with Gasteiger partial charge in [-0.15, -0.1) is 0 Å². The predicted molar refractivity (Wildman–Crippen MR) is 245 cm³/mol. The van der Waals surface area contributed by atoms with Gasteiger partial charge in [0.15, 0.2) is 0 Å². The Labute approximate surface area is 337 Å². The van der Waals surface area contributed by atoms with Crippen molar-refractivity contribution in [2.45, 2.75) is 0 Å². The lowest BCUT2D eigenvalue weighted by Crippen LogP contribution is -2.11. The summed E-state index contributed by atoms with van der Waals surface area (Å²) < 4.78 is 6.90. The number of para-hydroxylation sites is 2. The van der Waals surface area contributed by atoms with E-state index < -0.39 is 0 Å². The number of hydrogen-bond donors (Lipinski definition) is 0. The van der Waals surface area contributed by atoms with Crippen molar-refractivity contribution in [3.8, 4) is 44.5 Å². The summed E-state index contributed by atoms with van der Waals surface area (Å²) in [6.07, 6.45) is 0. The van der Waals surface area contributed by atoms with E-state index in [2.05, 4.69) is 229 Å². The van der Waals surface area contributed by atoms with Crippen molar-refractivity contribution < 1.29 is 4.42 Å². The van der Waals surface area contributed by atoms with E-state index in [0.29, 0.717) is 0 Å². The highest BCUT2D eigenvalue weighted by Gasteiger charge is 2.21. The summed E-state index contributed by atoms with van der Waals surface area (Å²) in [6.45, 7) is 0. The average Bonchev–Trinajstić information content (AvgIpc) is 3.70. The molecule has 0 aliphatic carbocycles. The minimum atomic E-state index is 0.889. The molecular formula is C56H37NO. The lowest BCUT2D eigenvalue weighted by molar-refractivity contribution is 0.674. The Bertz CT molecular complexity index is 3290. The summed E-state index contributed by atoms with van der Waals surface area (Å²) in [5.74, 6) is 0. The van der Waals surface area contributed by atoms with E-state index in [0.717, 1.165) is 61.1 Å². The lowest BCUT2D eigenvalue weighted by Gasteiger charge is -2.28. The van der Waals surface area contributed by atoms with Crippen molar-refractivity contribution in [1.82, 2.24) is 0 Å². The van der Waals surface area contributed by atoms with Crippen LogP contribution in [0.4, 0.5) is 17.1 Å². The van der Waals surface area contributed by atoms with E-state index in [1.165, 1.54) is 44.0 Å². The molecule has 11 rings (SSSR count). The first kappa shape index (κ1) is 33.6. The Morgan fingerprint density at radius 2 is 0.828 bits per heavy atom. The maximum absolute atomic E-state index is 6.90. The van der Waals surface area contributed by atoms with Crippen LogP contribution < -0.4 is 4.90 Å². The van der Waals surface area contributed by atoms with Crippen LogP contribution >= 0.6 is 0 Å². The van der Waals surface area contributed by atoms with Crippen molar-refractivity contribution in [3.63, 3.8) is 0 Å². The van der Waals surface area contributed by atoms with Gasteiger partial charge in [-0.25, -0.2) is 0 Å². The molecule has 0 unspecified atom stereocenters. The third kappa shape index (κ3) is 5.91. The number of hydrogen-bond acceptors (Lipinski definition) is 2. The molecule has 0 spiro atoms. The molecule has 2 nitrogen and oxygen atoms in total. The van der Waals surface area contributed by atoms with Gasteiger partial charge < -0.3 is 9.32 Å². The van der Waals surface area contributed by atoms with Crippen LogP contribution in [-0.4, -0.2) is 0 Å². The fraction of sp³-hybridized carbons (Fsp3) is 0. The molecule has 0 fully saturated rings. The number of anilines is 3. The molecule has 1 heterocycles. The molecule has 0 bridgehead atoms. The van der Waals surface area contributed by atoms with Crippen molar-refractivity contribution >= 4 is 60.5 Å². The molecule has 1 aromatic heterocycles. The summed E-state index contributed by atoms with van der Waals surface area (Å²) in [5, 5.41) is 6.99. The number of fused-ring (bicyclic) bond motifs is 6. The second kappa shape index (κ2) is 14.1. The highest BCUT2D eigenvalue weighted by atomic mass is 16.3. The van der Waals surface area contributed by atoms with Gasteiger partial charge in [-0.3, -0.25) is 0 Å². The quantitative estimate of drug-likeness (QED) is 0.162. The molecule has 10 aromatic carbocycles. The fourth-order valence-corrected chi connectivity index (χ4v) is 8.57. The second-order valence-corrected chi connectivity index (χ2v) is 14.9. The maximum atomic E-state index is 6.90. The van der Waals surface area contributed by atoms with Crippen LogP contribution in [0.15, 0.2) is 229 Å². The van der Waals surface area contributed by atoms with Gasteiger partial charge in [0.2, 0.25) is 0 Å². The summed E-state index contributed by atoms with van der Waals surface area (Å²) in [5.41, 5.74) is 14.3. The molecule has 0 saturated carbocycles. The normalized spacial score (nSPS) is 11.4. The largest absolute Gasteiger partial charge is 0.455 e. The molecule has 272 valence electrons. The Morgan fingerprint density at radius 1 is 0.276 bits per heavy atom. The van der Waals surface area contributed by atoms with Crippen LogP contribution in [0.2, 0.25) is 0 Å². The fourth-order valence-electron chi connectivity index (χ4n) is 8.57. The van der Waals surface area contributed by atoms with Gasteiger partial charge in [0.05, 0.1) is 5.69 Å². The van der Waals surface area contributed by atoms with Crippen LogP contribution in [0.25, 0.3) is 88.0 Å². The lowest BCUT2D eigenvalue weighted by atomic mass is 9.97. The molecule has 0 amide bonds. The summed E-state index contributed by atoms with van der Waals surface area (Å²) >= 11 is 0. The van der Waals surface area contributed by atoms with E-state index in [1.807, 2.05) is 0 Å². The van der Waals surface area contributed by atoms with Crippen molar-refractivity contribution in [1.29, 1.82) is 0 Å². The van der Waals surface area contributed by atoms with Crippen LogP contribution in [0, 0.1) is 0 Å². The highest BCUT2D eigenvalue weighted by Crippen LogP contribution is 2.46. The Hall–Kier alpha value is -7.68. The molecule has 2 heteroatoms. The Morgan fingerprint density at radius 3 is 1.67 bits per heavy atom. The number of benzene rings is 10. The van der Waals surface area contributed by atoms with Crippen LogP contribution in [0.1, 0.15) is 0 Å². The Kier molecular flexibility index (Phi) is 8.19. The number of nitrogens with zero attached hydrogens (tertiary/aromatic N) is 1.